The zero-order chi connectivity index (χ0) is 19.0. The first kappa shape index (κ1) is 21.7. The molecule has 0 heterocycles. The van der Waals surface area contributed by atoms with Crippen LogP contribution in [0.4, 0.5) is 5.69 Å². The van der Waals surface area contributed by atoms with Crippen molar-refractivity contribution in [1.82, 2.24) is 9.21 Å². The summed E-state index contributed by atoms with van der Waals surface area (Å²) in [7, 11) is 1.99. The number of methoxy groups -OCH3 is 1. The fourth-order valence-corrected chi connectivity index (χ4v) is 3.28. The molecule has 0 radical (unpaired) electrons. The summed E-state index contributed by atoms with van der Waals surface area (Å²) in [5, 5.41) is 3.18. The maximum Gasteiger partial charge on any atom is 0.225 e. The average molecular weight is 392 g/mol. The van der Waals surface area contributed by atoms with Crippen LogP contribution in [0.3, 0.4) is 0 Å². The zero-order valence-corrected chi connectivity index (χ0v) is 16.7. The van der Waals surface area contributed by atoms with Gasteiger partial charge in [0.15, 0.2) is 0 Å². The van der Waals surface area contributed by atoms with E-state index in [1.165, 1.54) is 11.4 Å². The number of nitrogens with zero attached hydrogens (tertiary/aromatic N) is 2. The molecule has 0 aliphatic heterocycles. The van der Waals surface area contributed by atoms with Crippen molar-refractivity contribution in [3.63, 3.8) is 0 Å². The number of rotatable bonds is 10. The van der Waals surface area contributed by atoms with Crippen LogP contribution in [0.5, 0.6) is 5.75 Å². The third-order valence-electron chi connectivity index (χ3n) is 3.51. The van der Waals surface area contributed by atoms with E-state index < -0.39 is 10.0 Å². The second-order valence-corrected chi connectivity index (χ2v) is 8.38. The molecule has 9 heteroatoms. The molecule has 0 aliphatic carbocycles. The van der Waals surface area contributed by atoms with Gasteiger partial charge in [0.05, 0.1) is 19.1 Å². The van der Waals surface area contributed by atoms with Crippen molar-refractivity contribution >= 4 is 33.2 Å². The van der Waals surface area contributed by atoms with E-state index in [0.717, 1.165) is 12.8 Å². The Morgan fingerprint density at radius 2 is 1.92 bits per heavy atom. The summed E-state index contributed by atoms with van der Waals surface area (Å²) in [6.07, 6.45) is 1.90. The minimum Gasteiger partial charge on any atom is -0.495 e. The summed E-state index contributed by atoms with van der Waals surface area (Å²) in [5.74, 6) is 0.186. The van der Waals surface area contributed by atoms with Gasteiger partial charge in [0.25, 0.3) is 0 Å². The molecular formula is C16H26ClN3O4S. The fraction of sp³-hybridized carbons (Fsp3) is 0.562. The molecule has 0 fully saturated rings. The van der Waals surface area contributed by atoms with Crippen LogP contribution in [0.15, 0.2) is 18.2 Å². The van der Waals surface area contributed by atoms with Crippen molar-refractivity contribution in [2.24, 2.45) is 0 Å². The Hall–Kier alpha value is -1.35. The Bertz CT molecular complexity index is 680. The van der Waals surface area contributed by atoms with Gasteiger partial charge >= 0.3 is 0 Å². The summed E-state index contributed by atoms with van der Waals surface area (Å²) < 4.78 is 30.2. The molecule has 7 nitrogen and oxygen atoms in total. The maximum absolute atomic E-state index is 12.2. The van der Waals surface area contributed by atoms with E-state index in [2.05, 4.69) is 5.32 Å². The molecule has 0 aliphatic rings. The van der Waals surface area contributed by atoms with Crippen LogP contribution in [0.1, 0.15) is 12.8 Å². The monoisotopic (exact) mass is 391 g/mol. The van der Waals surface area contributed by atoms with Gasteiger partial charge in [0.2, 0.25) is 15.9 Å². The number of anilines is 1. The lowest BCUT2D eigenvalue weighted by molar-refractivity contribution is -0.116. The van der Waals surface area contributed by atoms with Crippen LogP contribution in [0, 0.1) is 0 Å². The smallest absolute Gasteiger partial charge is 0.225 e. The molecule has 25 heavy (non-hydrogen) atoms. The number of sulfonamides is 1. The molecule has 1 amide bonds. The van der Waals surface area contributed by atoms with Gasteiger partial charge in [-0.25, -0.2) is 12.7 Å². The second-order valence-electron chi connectivity index (χ2n) is 5.96. The molecule has 0 saturated heterocycles. The van der Waals surface area contributed by atoms with Gasteiger partial charge in [-0.1, -0.05) is 11.6 Å². The number of ether oxygens (including phenoxy) is 1. The lowest BCUT2D eigenvalue weighted by atomic mass is 10.2. The summed E-state index contributed by atoms with van der Waals surface area (Å²) in [6, 6.07) is 4.90. The van der Waals surface area contributed by atoms with Crippen LogP contribution in [0.2, 0.25) is 5.02 Å². The number of hydrogen-bond acceptors (Lipinski definition) is 5. The van der Waals surface area contributed by atoms with Gasteiger partial charge in [-0.3, -0.25) is 4.79 Å². The Labute approximate surface area is 154 Å². The first-order valence-electron chi connectivity index (χ1n) is 7.86. The average Bonchev–Trinajstić information content (AvgIpc) is 2.49. The minimum atomic E-state index is -3.36. The van der Waals surface area contributed by atoms with Crippen LogP contribution < -0.4 is 10.1 Å². The topological polar surface area (TPSA) is 79.0 Å². The highest BCUT2D eigenvalue weighted by molar-refractivity contribution is 7.88. The number of benzene rings is 1. The first-order chi connectivity index (χ1) is 11.6. The second kappa shape index (κ2) is 9.96. The van der Waals surface area contributed by atoms with Crippen molar-refractivity contribution in [3.8, 4) is 5.75 Å². The quantitative estimate of drug-likeness (QED) is 0.658. The minimum absolute atomic E-state index is 0.0463. The standard InChI is InChI=1S/C16H26ClN3O4S/c1-19(2)9-5-10-20(25(4,22)23)11-8-16(21)18-14-12-13(17)6-7-15(14)24-3/h6-7,12H,5,8-11H2,1-4H3,(H,18,21). The molecule has 1 rings (SSSR count). The number of hydrogen-bond donors (Lipinski definition) is 1. The third-order valence-corrected chi connectivity index (χ3v) is 5.04. The first-order valence-corrected chi connectivity index (χ1v) is 10.1. The highest BCUT2D eigenvalue weighted by Crippen LogP contribution is 2.27. The number of nitrogens with one attached hydrogen (secondary N) is 1. The van der Waals surface area contributed by atoms with E-state index >= 15 is 0 Å². The SMILES string of the molecule is COc1ccc(Cl)cc1NC(=O)CCN(CCCN(C)C)S(C)(=O)=O. The zero-order valence-electron chi connectivity index (χ0n) is 15.1. The van der Waals surface area contributed by atoms with Gasteiger partial charge in [-0.05, 0) is 45.3 Å². The van der Waals surface area contributed by atoms with Gasteiger partial charge in [0.1, 0.15) is 5.75 Å². The van der Waals surface area contributed by atoms with Gasteiger partial charge in [-0.2, -0.15) is 0 Å². The van der Waals surface area contributed by atoms with E-state index in [9.17, 15) is 13.2 Å². The van der Waals surface area contributed by atoms with Crippen LogP contribution in [0.25, 0.3) is 0 Å². The molecule has 1 N–H and O–H groups in total. The van der Waals surface area contributed by atoms with E-state index in [4.69, 9.17) is 16.3 Å². The Kier molecular flexibility index (Phi) is 8.64. The highest BCUT2D eigenvalue weighted by Gasteiger charge is 2.18. The molecule has 142 valence electrons. The molecular weight excluding hydrogens is 366 g/mol. The van der Waals surface area contributed by atoms with Crippen molar-refractivity contribution in [2.75, 3.05) is 52.4 Å². The predicted octanol–water partition coefficient (Wildman–Crippen LogP) is 1.89. The number of carbonyl (C=O) groups is 1. The number of carbonyl (C=O) groups excluding carboxylic acids is 1. The Morgan fingerprint density at radius 3 is 2.48 bits per heavy atom. The Morgan fingerprint density at radius 1 is 1.24 bits per heavy atom. The molecule has 0 bridgehead atoms. The number of amides is 1. The van der Waals surface area contributed by atoms with E-state index in [1.54, 1.807) is 18.2 Å². The third kappa shape index (κ3) is 8.04. The molecule has 1 aromatic rings. The lowest BCUT2D eigenvalue weighted by Crippen LogP contribution is -2.35. The van der Waals surface area contributed by atoms with E-state index in [0.29, 0.717) is 29.4 Å². The van der Waals surface area contributed by atoms with Crippen molar-refractivity contribution in [3.05, 3.63) is 23.2 Å². The molecule has 1 aromatic carbocycles. The molecule has 0 unspecified atom stereocenters. The van der Waals surface area contributed by atoms with E-state index in [-0.39, 0.29) is 18.9 Å². The normalized spacial score (nSPS) is 11.8. The molecule has 0 saturated carbocycles. The van der Waals surface area contributed by atoms with Crippen molar-refractivity contribution in [2.45, 2.75) is 12.8 Å². The van der Waals surface area contributed by atoms with Crippen LogP contribution >= 0.6 is 11.6 Å². The van der Waals surface area contributed by atoms with Crippen LogP contribution in [-0.4, -0.2) is 70.6 Å². The molecule has 0 atom stereocenters. The number of halogens is 1. The fourth-order valence-electron chi connectivity index (χ4n) is 2.22. The summed E-state index contributed by atoms with van der Waals surface area (Å²) in [4.78, 5) is 14.2. The maximum atomic E-state index is 12.2. The summed E-state index contributed by atoms with van der Waals surface area (Å²) in [6.45, 7) is 1.28. The predicted molar refractivity (Wildman–Crippen MR) is 101 cm³/mol. The summed E-state index contributed by atoms with van der Waals surface area (Å²) in [5.41, 5.74) is 0.457. The molecule has 0 aromatic heterocycles. The van der Waals surface area contributed by atoms with Crippen molar-refractivity contribution in [1.29, 1.82) is 0 Å². The lowest BCUT2D eigenvalue weighted by Gasteiger charge is -2.21. The highest BCUT2D eigenvalue weighted by atomic mass is 35.5. The Balaban J connectivity index is 2.64. The van der Waals surface area contributed by atoms with Crippen LogP contribution in [-0.2, 0) is 14.8 Å². The largest absolute Gasteiger partial charge is 0.495 e. The summed E-state index contributed by atoms with van der Waals surface area (Å²) >= 11 is 5.93. The van der Waals surface area contributed by atoms with E-state index in [1.807, 2.05) is 19.0 Å². The van der Waals surface area contributed by atoms with Crippen molar-refractivity contribution < 1.29 is 17.9 Å². The van der Waals surface area contributed by atoms with Gasteiger partial charge in [-0.15, -0.1) is 0 Å². The molecule has 0 spiro atoms. The van der Waals surface area contributed by atoms with Gasteiger partial charge < -0.3 is 15.0 Å². The van der Waals surface area contributed by atoms with Gasteiger partial charge in [0, 0.05) is 24.5 Å².